The molecule has 0 aliphatic carbocycles. The molecule has 1 fully saturated rings. The second kappa shape index (κ2) is 7.70. The SMILES string of the molecule is OCC(O)C1N(Cc2ccccc2)CCN1Cc1ccccc1. The highest BCUT2D eigenvalue weighted by molar-refractivity contribution is 5.16. The second-order valence-electron chi connectivity index (χ2n) is 6.08. The van der Waals surface area contributed by atoms with Crippen LogP contribution in [0, 0.1) is 0 Å². The van der Waals surface area contributed by atoms with E-state index in [9.17, 15) is 10.2 Å². The normalized spacial score (nSPS) is 18.3. The fourth-order valence-electron chi connectivity index (χ4n) is 3.31. The Balaban J connectivity index is 1.73. The lowest BCUT2D eigenvalue weighted by Crippen LogP contribution is -2.48. The van der Waals surface area contributed by atoms with Crippen LogP contribution in [-0.4, -0.2) is 52.0 Å². The van der Waals surface area contributed by atoms with Crippen molar-refractivity contribution in [2.24, 2.45) is 0 Å². The summed E-state index contributed by atoms with van der Waals surface area (Å²) in [5.74, 6) is 0. The zero-order valence-corrected chi connectivity index (χ0v) is 13.3. The van der Waals surface area contributed by atoms with Crippen molar-refractivity contribution in [2.45, 2.75) is 25.4 Å². The highest BCUT2D eigenvalue weighted by atomic mass is 16.3. The van der Waals surface area contributed by atoms with Crippen LogP contribution in [-0.2, 0) is 13.1 Å². The van der Waals surface area contributed by atoms with Gasteiger partial charge < -0.3 is 10.2 Å². The van der Waals surface area contributed by atoms with Crippen LogP contribution < -0.4 is 0 Å². The molecule has 0 radical (unpaired) electrons. The van der Waals surface area contributed by atoms with E-state index < -0.39 is 6.10 Å². The number of hydrogen-bond acceptors (Lipinski definition) is 4. The van der Waals surface area contributed by atoms with E-state index in [1.54, 1.807) is 0 Å². The number of aliphatic hydroxyl groups is 2. The highest BCUT2D eigenvalue weighted by Crippen LogP contribution is 2.23. The Bertz CT molecular complexity index is 541. The van der Waals surface area contributed by atoms with E-state index in [4.69, 9.17) is 0 Å². The van der Waals surface area contributed by atoms with Crippen molar-refractivity contribution in [2.75, 3.05) is 19.7 Å². The molecule has 1 heterocycles. The average molecular weight is 312 g/mol. The van der Waals surface area contributed by atoms with Crippen molar-refractivity contribution in [1.29, 1.82) is 0 Å². The van der Waals surface area contributed by atoms with Crippen molar-refractivity contribution < 1.29 is 10.2 Å². The van der Waals surface area contributed by atoms with Crippen molar-refractivity contribution >= 4 is 0 Å². The molecule has 0 amide bonds. The van der Waals surface area contributed by atoms with Crippen LogP contribution in [0.5, 0.6) is 0 Å². The van der Waals surface area contributed by atoms with Gasteiger partial charge in [0.15, 0.2) is 0 Å². The number of benzene rings is 2. The molecule has 1 unspecified atom stereocenters. The van der Waals surface area contributed by atoms with Gasteiger partial charge in [-0.25, -0.2) is 0 Å². The van der Waals surface area contributed by atoms with E-state index in [0.29, 0.717) is 0 Å². The Morgan fingerprint density at radius 1 is 0.826 bits per heavy atom. The van der Waals surface area contributed by atoms with E-state index >= 15 is 0 Å². The molecule has 0 bridgehead atoms. The van der Waals surface area contributed by atoms with Crippen molar-refractivity contribution in [3.8, 4) is 0 Å². The first-order valence-corrected chi connectivity index (χ1v) is 8.13. The minimum atomic E-state index is -0.759. The molecule has 4 nitrogen and oxygen atoms in total. The fraction of sp³-hybridized carbons (Fsp3) is 0.368. The second-order valence-corrected chi connectivity index (χ2v) is 6.08. The molecule has 3 rings (SSSR count). The first-order chi connectivity index (χ1) is 11.3. The zero-order chi connectivity index (χ0) is 16.1. The molecule has 0 saturated carbocycles. The Morgan fingerprint density at radius 2 is 1.26 bits per heavy atom. The summed E-state index contributed by atoms with van der Waals surface area (Å²) in [7, 11) is 0. The van der Waals surface area contributed by atoms with Gasteiger partial charge in [0.05, 0.1) is 12.8 Å². The van der Waals surface area contributed by atoms with E-state index in [1.807, 2.05) is 36.4 Å². The standard InChI is InChI=1S/C19H24N2O2/c22-15-18(23)19-20(13-16-7-3-1-4-8-16)11-12-21(19)14-17-9-5-2-6-10-17/h1-10,18-19,22-23H,11-15H2. The van der Waals surface area contributed by atoms with Crippen LogP contribution in [0.2, 0.25) is 0 Å². The number of rotatable bonds is 6. The molecule has 23 heavy (non-hydrogen) atoms. The molecule has 1 aliphatic heterocycles. The molecule has 4 heteroatoms. The van der Waals surface area contributed by atoms with Crippen LogP contribution in [0.15, 0.2) is 60.7 Å². The molecule has 1 aliphatic rings. The van der Waals surface area contributed by atoms with E-state index in [-0.39, 0.29) is 12.8 Å². The summed E-state index contributed by atoms with van der Waals surface area (Å²) in [6.45, 7) is 3.13. The molecular formula is C19H24N2O2. The van der Waals surface area contributed by atoms with E-state index in [1.165, 1.54) is 11.1 Å². The van der Waals surface area contributed by atoms with Gasteiger partial charge in [0.2, 0.25) is 0 Å². The predicted octanol–water partition coefficient (Wildman–Crippen LogP) is 1.68. The number of aliphatic hydroxyl groups excluding tert-OH is 2. The molecule has 2 aromatic carbocycles. The third-order valence-electron chi connectivity index (χ3n) is 4.41. The largest absolute Gasteiger partial charge is 0.394 e. The van der Waals surface area contributed by atoms with Crippen LogP contribution >= 0.6 is 0 Å². The van der Waals surface area contributed by atoms with E-state index in [0.717, 1.165) is 26.2 Å². The van der Waals surface area contributed by atoms with Crippen molar-refractivity contribution in [1.82, 2.24) is 9.80 Å². The number of hydrogen-bond donors (Lipinski definition) is 2. The lowest BCUT2D eigenvalue weighted by molar-refractivity contribution is -0.0306. The van der Waals surface area contributed by atoms with Gasteiger partial charge in [-0.15, -0.1) is 0 Å². The van der Waals surface area contributed by atoms with Crippen LogP contribution in [0.25, 0.3) is 0 Å². The van der Waals surface area contributed by atoms with Gasteiger partial charge in [0, 0.05) is 26.2 Å². The predicted molar refractivity (Wildman–Crippen MR) is 90.6 cm³/mol. The summed E-state index contributed by atoms with van der Waals surface area (Å²) in [6.07, 6.45) is -0.912. The molecular weight excluding hydrogens is 288 g/mol. The van der Waals surface area contributed by atoms with Gasteiger partial charge in [-0.1, -0.05) is 60.7 Å². The van der Waals surface area contributed by atoms with Crippen LogP contribution in [0.1, 0.15) is 11.1 Å². The van der Waals surface area contributed by atoms with Gasteiger partial charge in [0.1, 0.15) is 6.10 Å². The maximum Gasteiger partial charge on any atom is 0.106 e. The van der Waals surface area contributed by atoms with Gasteiger partial charge in [-0.05, 0) is 11.1 Å². The fourth-order valence-corrected chi connectivity index (χ4v) is 3.31. The monoisotopic (exact) mass is 312 g/mol. The number of nitrogens with zero attached hydrogens (tertiary/aromatic N) is 2. The van der Waals surface area contributed by atoms with Crippen molar-refractivity contribution in [3.63, 3.8) is 0 Å². The first kappa shape index (κ1) is 16.1. The Labute approximate surface area is 137 Å². The molecule has 0 spiro atoms. The molecule has 0 aromatic heterocycles. The Morgan fingerprint density at radius 3 is 1.65 bits per heavy atom. The first-order valence-electron chi connectivity index (χ1n) is 8.13. The quantitative estimate of drug-likeness (QED) is 0.852. The molecule has 2 aromatic rings. The smallest absolute Gasteiger partial charge is 0.106 e. The van der Waals surface area contributed by atoms with E-state index in [2.05, 4.69) is 34.1 Å². The molecule has 1 atom stereocenters. The minimum Gasteiger partial charge on any atom is -0.394 e. The third-order valence-corrected chi connectivity index (χ3v) is 4.41. The maximum atomic E-state index is 10.3. The Hall–Kier alpha value is -1.72. The Kier molecular flexibility index (Phi) is 5.41. The lowest BCUT2D eigenvalue weighted by atomic mass is 10.1. The summed E-state index contributed by atoms with van der Waals surface area (Å²) in [4.78, 5) is 4.50. The minimum absolute atomic E-state index is 0.152. The van der Waals surface area contributed by atoms with Gasteiger partial charge in [0.25, 0.3) is 0 Å². The molecule has 1 saturated heterocycles. The maximum absolute atomic E-state index is 10.3. The summed E-state index contributed by atoms with van der Waals surface area (Å²) in [6, 6.07) is 20.5. The summed E-state index contributed by atoms with van der Waals surface area (Å²) in [5.41, 5.74) is 2.45. The van der Waals surface area contributed by atoms with Crippen LogP contribution in [0.3, 0.4) is 0 Å². The average Bonchev–Trinajstić information content (AvgIpc) is 2.98. The van der Waals surface area contributed by atoms with Crippen molar-refractivity contribution in [3.05, 3.63) is 71.8 Å². The third kappa shape index (κ3) is 3.98. The topological polar surface area (TPSA) is 46.9 Å². The molecule has 122 valence electrons. The summed E-state index contributed by atoms with van der Waals surface area (Å²) >= 11 is 0. The molecule has 2 N–H and O–H groups in total. The summed E-state index contributed by atoms with van der Waals surface area (Å²) in [5, 5.41) is 19.8. The van der Waals surface area contributed by atoms with Gasteiger partial charge >= 0.3 is 0 Å². The van der Waals surface area contributed by atoms with Gasteiger partial charge in [-0.3, -0.25) is 9.80 Å². The van der Waals surface area contributed by atoms with Crippen LogP contribution in [0.4, 0.5) is 0 Å². The van der Waals surface area contributed by atoms with Gasteiger partial charge in [-0.2, -0.15) is 0 Å². The summed E-state index contributed by atoms with van der Waals surface area (Å²) < 4.78 is 0. The lowest BCUT2D eigenvalue weighted by Gasteiger charge is -2.33. The highest BCUT2D eigenvalue weighted by Gasteiger charge is 2.36. The zero-order valence-electron chi connectivity index (χ0n) is 13.3.